The second kappa shape index (κ2) is 14.8. The zero-order valence-corrected chi connectivity index (χ0v) is 19.8. The van der Waals surface area contributed by atoms with Gasteiger partial charge in [-0.1, -0.05) is 20.8 Å². The number of hydrogen-bond donors (Lipinski definition) is 5. The largest absolute Gasteiger partial charge is 0.394 e. The van der Waals surface area contributed by atoms with Gasteiger partial charge in [0.2, 0.25) is 11.8 Å². The Labute approximate surface area is 191 Å². The van der Waals surface area contributed by atoms with E-state index in [0.29, 0.717) is 39.2 Å². The van der Waals surface area contributed by atoms with Crippen LogP contribution in [0.4, 0.5) is 0 Å². The summed E-state index contributed by atoms with van der Waals surface area (Å²) in [6.45, 7) is 8.81. The Morgan fingerprint density at radius 2 is 1.78 bits per heavy atom. The summed E-state index contributed by atoms with van der Waals surface area (Å²) in [5, 5.41) is 35.1. The topological polar surface area (TPSA) is 147 Å². The van der Waals surface area contributed by atoms with Gasteiger partial charge in [-0.25, -0.2) is 0 Å². The molecule has 1 aliphatic rings. The minimum Gasteiger partial charge on any atom is -0.394 e. The molecule has 0 aromatic heterocycles. The summed E-state index contributed by atoms with van der Waals surface area (Å²) in [5.74, 6) is -0.387. The van der Waals surface area contributed by atoms with E-state index in [1.165, 1.54) is 6.92 Å². The molecule has 0 radical (unpaired) electrons. The minimum atomic E-state index is -1.33. The maximum atomic E-state index is 12.4. The normalized spacial score (nSPS) is 26.0. The Morgan fingerprint density at radius 3 is 2.41 bits per heavy atom. The molecule has 0 aromatic carbocycles. The molecule has 1 aliphatic heterocycles. The molecule has 0 aromatic rings. The van der Waals surface area contributed by atoms with Crippen molar-refractivity contribution < 1.29 is 39.1 Å². The van der Waals surface area contributed by atoms with Crippen LogP contribution in [0.5, 0.6) is 0 Å². The zero-order chi connectivity index (χ0) is 24.1. The third-order valence-corrected chi connectivity index (χ3v) is 5.47. The van der Waals surface area contributed by atoms with Crippen molar-refractivity contribution in [1.29, 1.82) is 0 Å². The third-order valence-electron chi connectivity index (χ3n) is 5.47. The first-order valence-electron chi connectivity index (χ1n) is 11.5. The number of aliphatic hydroxyl groups is 3. The Morgan fingerprint density at radius 1 is 1.06 bits per heavy atom. The van der Waals surface area contributed by atoms with E-state index in [-0.39, 0.29) is 5.91 Å². The number of ether oxygens (including phenoxy) is 3. The second-order valence-electron chi connectivity index (χ2n) is 8.87. The van der Waals surface area contributed by atoms with Gasteiger partial charge >= 0.3 is 0 Å². The van der Waals surface area contributed by atoms with Crippen molar-refractivity contribution in [3.63, 3.8) is 0 Å². The molecular formula is C22H42N2O8. The van der Waals surface area contributed by atoms with Crippen LogP contribution in [0.3, 0.4) is 0 Å². The molecule has 5 N–H and O–H groups in total. The molecule has 0 spiro atoms. The molecular weight excluding hydrogens is 420 g/mol. The van der Waals surface area contributed by atoms with Gasteiger partial charge in [-0.2, -0.15) is 0 Å². The molecule has 10 nitrogen and oxygen atoms in total. The third kappa shape index (κ3) is 9.68. The lowest BCUT2D eigenvalue weighted by Gasteiger charge is -2.42. The number of carbonyl (C=O) groups is 2. The van der Waals surface area contributed by atoms with Gasteiger partial charge in [-0.05, 0) is 32.1 Å². The fraction of sp³-hybridized carbons (Fsp3) is 0.909. The highest BCUT2D eigenvalue weighted by Gasteiger charge is 2.45. The number of rotatable bonds is 15. The quantitative estimate of drug-likeness (QED) is 0.215. The van der Waals surface area contributed by atoms with Crippen LogP contribution in [-0.2, 0) is 23.8 Å². The van der Waals surface area contributed by atoms with Crippen LogP contribution in [-0.4, -0.2) is 90.7 Å². The van der Waals surface area contributed by atoms with Crippen molar-refractivity contribution in [2.75, 3.05) is 33.0 Å². The molecule has 5 atom stereocenters. The Kier molecular flexibility index (Phi) is 13.3. The first-order chi connectivity index (χ1) is 15.1. The molecule has 0 saturated carbocycles. The maximum absolute atomic E-state index is 12.4. The molecule has 10 heteroatoms. The Bertz CT molecular complexity index is 560. The second-order valence-corrected chi connectivity index (χ2v) is 8.87. The van der Waals surface area contributed by atoms with E-state index in [1.807, 2.05) is 20.8 Å². The van der Waals surface area contributed by atoms with Crippen LogP contribution in [0.2, 0.25) is 0 Å². The van der Waals surface area contributed by atoms with Crippen molar-refractivity contribution in [1.82, 2.24) is 10.6 Å². The van der Waals surface area contributed by atoms with Gasteiger partial charge in [0, 0.05) is 38.7 Å². The van der Waals surface area contributed by atoms with Crippen molar-refractivity contribution in [3.8, 4) is 0 Å². The monoisotopic (exact) mass is 462 g/mol. The van der Waals surface area contributed by atoms with Gasteiger partial charge in [0.25, 0.3) is 0 Å². The summed E-state index contributed by atoms with van der Waals surface area (Å²) >= 11 is 0. The van der Waals surface area contributed by atoms with Gasteiger partial charge < -0.3 is 40.2 Å². The maximum Gasteiger partial charge on any atom is 0.225 e. The first kappa shape index (κ1) is 28.7. The number of aliphatic hydroxyl groups excluding tert-OH is 3. The van der Waals surface area contributed by atoms with Crippen LogP contribution in [0, 0.1) is 5.41 Å². The molecule has 32 heavy (non-hydrogen) atoms. The van der Waals surface area contributed by atoms with Gasteiger partial charge in [0.15, 0.2) is 6.29 Å². The molecule has 1 heterocycles. The van der Waals surface area contributed by atoms with Crippen LogP contribution < -0.4 is 10.6 Å². The summed E-state index contributed by atoms with van der Waals surface area (Å²) in [7, 11) is 0. The van der Waals surface area contributed by atoms with Gasteiger partial charge in [-0.15, -0.1) is 0 Å². The molecule has 0 aliphatic carbocycles. The number of hydrogen-bond acceptors (Lipinski definition) is 8. The fourth-order valence-electron chi connectivity index (χ4n) is 3.34. The van der Waals surface area contributed by atoms with Crippen molar-refractivity contribution >= 4 is 11.8 Å². The highest BCUT2D eigenvalue weighted by molar-refractivity contribution is 5.81. The molecule has 188 valence electrons. The van der Waals surface area contributed by atoms with Crippen LogP contribution in [0.25, 0.3) is 0 Å². The van der Waals surface area contributed by atoms with Crippen LogP contribution in [0.1, 0.15) is 59.8 Å². The summed E-state index contributed by atoms with van der Waals surface area (Å²) in [6.07, 6.45) is -0.746. The van der Waals surface area contributed by atoms with E-state index >= 15 is 0 Å². The van der Waals surface area contributed by atoms with Crippen molar-refractivity contribution in [3.05, 3.63) is 0 Å². The van der Waals surface area contributed by atoms with Crippen LogP contribution >= 0.6 is 0 Å². The van der Waals surface area contributed by atoms with E-state index < -0.39 is 48.6 Å². The van der Waals surface area contributed by atoms with E-state index in [4.69, 9.17) is 14.2 Å². The first-order valence-corrected chi connectivity index (χ1v) is 11.5. The lowest BCUT2D eigenvalue weighted by atomic mass is 9.88. The predicted molar refractivity (Wildman–Crippen MR) is 118 cm³/mol. The van der Waals surface area contributed by atoms with E-state index in [0.717, 1.165) is 19.3 Å². The Hall–Kier alpha value is -1.30. The fourth-order valence-corrected chi connectivity index (χ4v) is 3.34. The minimum absolute atomic E-state index is 0.00481. The number of unbranched alkanes of at least 4 members (excludes halogenated alkanes) is 2. The standard InChI is InChI=1S/C22H42N2O8/c1-5-11-30-13-9-22(3,4)21(29)23-10-7-6-8-12-31-20-17(24-15(2)26)19(28)18(27)16(14-25)32-20/h16-20,25,27-28H,5-14H2,1-4H3,(H,23,29)(H,24,26). The number of carbonyl (C=O) groups excluding carboxylic acids is 2. The van der Waals surface area contributed by atoms with E-state index in [1.54, 1.807) is 0 Å². The molecule has 1 fully saturated rings. The highest BCUT2D eigenvalue weighted by Crippen LogP contribution is 2.23. The molecule has 5 unspecified atom stereocenters. The molecule has 1 rings (SSSR count). The molecule has 0 bridgehead atoms. The van der Waals surface area contributed by atoms with Crippen molar-refractivity contribution in [2.45, 2.75) is 90.4 Å². The average molecular weight is 463 g/mol. The van der Waals surface area contributed by atoms with Crippen LogP contribution in [0.15, 0.2) is 0 Å². The predicted octanol–water partition coefficient (Wildman–Crippen LogP) is 0.0761. The average Bonchev–Trinajstić information content (AvgIpc) is 2.74. The number of nitrogens with one attached hydrogen (secondary N) is 2. The zero-order valence-electron chi connectivity index (χ0n) is 19.8. The highest BCUT2D eigenvalue weighted by atomic mass is 16.7. The summed E-state index contributed by atoms with van der Waals surface area (Å²) in [4.78, 5) is 23.8. The van der Waals surface area contributed by atoms with E-state index in [2.05, 4.69) is 10.6 Å². The van der Waals surface area contributed by atoms with Gasteiger partial charge in [0.05, 0.1) is 6.61 Å². The summed E-state index contributed by atoms with van der Waals surface area (Å²) in [5.41, 5.74) is -0.484. The Balaban J connectivity index is 2.30. The smallest absolute Gasteiger partial charge is 0.225 e. The summed E-state index contributed by atoms with van der Waals surface area (Å²) < 4.78 is 16.7. The molecule has 2 amide bonds. The molecule has 1 saturated heterocycles. The van der Waals surface area contributed by atoms with E-state index in [9.17, 15) is 24.9 Å². The SMILES string of the molecule is CCCOCCC(C)(C)C(=O)NCCCCCOC1OC(CO)C(O)C(O)C1NC(C)=O. The lowest BCUT2D eigenvalue weighted by molar-refractivity contribution is -0.270. The number of amides is 2. The van der Waals surface area contributed by atoms with Gasteiger partial charge in [-0.3, -0.25) is 9.59 Å². The lowest BCUT2D eigenvalue weighted by Crippen LogP contribution is -2.64. The van der Waals surface area contributed by atoms with Gasteiger partial charge in [0.1, 0.15) is 24.4 Å². The summed E-state index contributed by atoms with van der Waals surface area (Å²) in [6, 6.07) is -0.937. The van der Waals surface area contributed by atoms with Crippen molar-refractivity contribution in [2.24, 2.45) is 5.41 Å².